The van der Waals surface area contributed by atoms with Gasteiger partial charge in [0.15, 0.2) is 9.84 Å². The maximum absolute atomic E-state index is 12.7. The van der Waals surface area contributed by atoms with Crippen LogP contribution >= 0.6 is 12.4 Å². The van der Waals surface area contributed by atoms with Crippen LogP contribution in [-0.2, 0) is 15.6 Å². The van der Waals surface area contributed by atoms with E-state index in [1.807, 2.05) is 6.92 Å². The number of hydrogen-bond acceptors (Lipinski definition) is 4. The molecule has 0 heterocycles. The lowest BCUT2D eigenvalue weighted by Crippen LogP contribution is -2.52. The number of carbonyl (C=O) groups excluding carboxylic acids is 1. The Labute approximate surface area is 174 Å². The van der Waals surface area contributed by atoms with Gasteiger partial charge >= 0.3 is 0 Å². The van der Waals surface area contributed by atoms with Gasteiger partial charge in [0.2, 0.25) is 0 Å². The van der Waals surface area contributed by atoms with Gasteiger partial charge in [0.25, 0.3) is 5.91 Å². The summed E-state index contributed by atoms with van der Waals surface area (Å²) in [5.41, 5.74) is 6.37. The highest BCUT2D eigenvalue weighted by Crippen LogP contribution is 2.19. The van der Waals surface area contributed by atoms with Crippen molar-refractivity contribution in [2.75, 3.05) is 6.54 Å². The minimum Gasteiger partial charge on any atom is -0.346 e. The third kappa shape index (κ3) is 6.62. The van der Waals surface area contributed by atoms with Crippen LogP contribution in [0.1, 0.15) is 43.1 Å². The van der Waals surface area contributed by atoms with Crippen molar-refractivity contribution in [2.24, 2.45) is 11.7 Å². The second-order valence-corrected chi connectivity index (χ2v) is 9.58. The van der Waals surface area contributed by atoms with Gasteiger partial charge in [0, 0.05) is 17.6 Å². The zero-order valence-corrected chi connectivity index (χ0v) is 18.1. The molecule has 154 valence electrons. The van der Waals surface area contributed by atoms with E-state index in [0.29, 0.717) is 23.6 Å². The minimum absolute atomic E-state index is 0. The van der Waals surface area contributed by atoms with E-state index >= 15 is 0 Å². The van der Waals surface area contributed by atoms with E-state index in [0.717, 1.165) is 6.42 Å². The van der Waals surface area contributed by atoms with Crippen molar-refractivity contribution in [1.29, 1.82) is 0 Å². The number of sulfone groups is 1. The van der Waals surface area contributed by atoms with Crippen LogP contribution in [0.25, 0.3) is 0 Å². The molecule has 0 aromatic heterocycles. The Kier molecular flexibility index (Phi) is 8.67. The molecule has 0 fully saturated rings. The smallest absolute Gasteiger partial charge is 0.251 e. The lowest BCUT2D eigenvalue weighted by atomic mass is 9.90. The van der Waals surface area contributed by atoms with Crippen LogP contribution in [0, 0.1) is 5.92 Å². The van der Waals surface area contributed by atoms with Crippen LogP contribution < -0.4 is 11.1 Å². The average Bonchev–Trinajstić information content (AvgIpc) is 2.61. The number of carbonyl (C=O) groups is 1. The molecule has 5 nitrogen and oxygen atoms in total. The van der Waals surface area contributed by atoms with Gasteiger partial charge in [-0.15, -0.1) is 12.4 Å². The molecular formula is C21H29ClN2O3S. The summed E-state index contributed by atoms with van der Waals surface area (Å²) in [6.45, 7) is 6.41. The lowest BCUT2D eigenvalue weighted by Gasteiger charge is -2.31. The molecule has 1 unspecified atom stereocenters. The second-order valence-electron chi connectivity index (χ2n) is 7.59. The molecule has 0 spiro atoms. The van der Waals surface area contributed by atoms with E-state index in [-0.39, 0.29) is 29.0 Å². The summed E-state index contributed by atoms with van der Waals surface area (Å²) >= 11 is 0. The number of halogens is 1. The summed E-state index contributed by atoms with van der Waals surface area (Å²) in [4.78, 5) is 12.9. The molecule has 0 aliphatic carbocycles. The SMILES string of the molecule is CC(C)CC(C)(CN)NC(=O)c1cccc(CS(=O)(=O)c2ccccc2)c1.Cl. The average molecular weight is 425 g/mol. The largest absolute Gasteiger partial charge is 0.346 e. The molecule has 2 aromatic rings. The maximum Gasteiger partial charge on any atom is 0.251 e. The minimum atomic E-state index is -3.46. The summed E-state index contributed by atoms with van der Waals surface area (Å²) in [7, 11) is -3.46. The molecule has 0 bridgehead atoms. The molecule has 1 amide bonds. The van der Waals surface area contributed by atoms with Gasteiger partial charge in [0.1, 0.15) is 0 Å². The fourth-order valence-corrected chi connectivity index (χ4v) is 4.52. The fourth-order valence-electron chi connectivity index (χ4n) is 3.17. The topological polar surface area (TPSA) is 89.3 Å². The first-order valence-corrected chi connectivity index (χ1v) is 10.7. The first kappa shape index (κ1) is 24.1. The van der Waals surface area contributed by atoms with E-state index in [1.165, 1.54) is 0 Å². The standard InChI is InChI=1S/C21H28N2O3S.ClH/c1-16(2)13-21(3,15-22)23-20(24)18-9-7-8-17(12-18)14-27(25,26)19-10-5-4-6-11-19;/h4-12,16H,13-15,22H2,1-3H3,(H,23,24);1H. The molecular weight excluding hydrogens is 396 g/mol. The predicted molar refractivity (Wildman–Crippen MR) is 115 cm³/mol. The third-order valence-electron chi connectivity index (χ3n) is 4.37. The molecule has 0 aliphatic rings. The van der Waals surface area contributed by atoms with Crippen LogP contribution in [0.2, 0.25) is 0 Å². The Hall–Kier alpha value is -1.89. The summed E-state index contributed by atoms with van der Waals surface area (Å²) < 4.78 is 25.1. The van der Waals surface area contributed by atoms with Gasteiger partial charge in [-0.1, -0.05) is 44.2 Å². The number of hydrogen-bond donors (Lipinski definition) is 2. The van der Waals surface area contributed by atoms with Crippen molar-refractivity contribution >= 4 is 28.2 Å². The first-order valence-electron chi connectivity index (χ1n) is 9.04. The number of rotatable bonds is 8. The Balaban J connectivity index is 0.00000392. The van der Waals surface area contributed by atoms with Crippen LogP contribution in [0.15, 0.2) is 59.5 Å². The van der Waals surface area contributed by atoms with E-state index < -0.39 is 15.4 Å². The summed E-state index contributed by atoms with van der Waals surface area (Å²) in [5.74, 6) is -0.0121. The van der Waals surface area contributed by atoms with Crippen molar-refractivity contribution < 1.29 is 13.2 Å². The molecule has 1 atom stereocenters. The van der Waals surface area contributed by atoms with Crippen LogP contribution in [-0.4, -0.2) is 26.4 Å². The number of amides is 1. The zero-order chi connectivity index (χ0) is 20.1. The molecule has 0 radical (unpaired) electrons. The van der Waals surface area contributed by atoms with E-state index in [1.54, 1.807) is 54.6 Å². The van der Waals surface area contributed by atoms with Crippen molar-refractivity contribution in [2.45, 2.75) is 43.4 Å². The van der Waals surface area contributed by atoms with Gasteiger partial charge in [0.05, 0.1) is 10.6 Å². The van der Waals surface area contributed by atoms with Crippen molar-refractivity contribution in [3.8, 4) is 0 Å². The monoisotopic (exact) mass is 424 g/mol. The Bertz CT molecular complexity index is 886. The molecule has 0 saturated carbocycles. The van der Waals surface area contributed by atoms with Crippen LogP contribution in [0.5, 0.6) is 0 Å². The highest BCUT2D eigenvalue weighted by molar-refractivity contribution is 7.90. The Morgan fingerprint density at radius 2 is 1.75 bits per heavy atom. The molecule has 28 heavy (non-hydrogen) atoms. The highest BCUT2D eigenvalue weighted by Gasteiger charge is 2.26. The molecule has 7 heteroatoms. The normalized spacial score (nSPS) is 13.5. The quantitative estimate of drug-likeness (QED) is 0.677. The molecule has 0 saturated heterocycles. The summed E-state index contributed by atoms with van der Waals surface area (Å²) in [5, 5.41) is 3.00. The Morgan fingerprint density at radius 1 is 1.11 bits per heavy atom. The van der Waals surface area contributed by atoms with Crippen molar-refractivity contribution in [3.05, 3.63) is 65.7 Å². The summed E-state index contributed by atoms with van der Waals surface area (Å²) in [6, 6.07) is 15.0. The van der Waals surface area contributed by atoms with Crippen molar-refractivity contribution in [1.82, 2.24) is 5.32 Å². The molecule has 3 N–H and O–H groups in total. The molecule has 2 rings (SSSR count). The molecule has 2 aromatic carbocycles. The highest BCUT2D eigenvalue weighted by atomic mass is 35.5. The third-order valence-corrected chi connectivity index (χ3v) is 6.08. The number of nitrogens with one attached hydrogen (secondary N) is 1. The van der Waals surface area contributed by atoms with Gasteiger partial charge in [-0.3, -0.25) is 4.79 Å². The van der Waals surface area contributed by atoms with E-state index in [4.69, 9.17) is 5.73 Å². The lowest BCUT2D eigenvalue weighted by molar-refractivity contribution is 0.0898. The second kappa shape index (κ2) is 10.0. The zero-order valence-electron chi connectivity index (χ0n) is 16.5. The van der Waals surface area contributed by atoms with Gasteiger partial charge < -0.3 is 11.1 Å². The summed E-state index contributed by atoms with van der Waals surface area (Å²) in [6.07, 6.45) is 0.761. The molecule has 0 aliphatic heterocycles. The number of benzene rings is 2. The van der Waals surface area contributed by atoms with Gasteiger partial charge in [-0.25, -0.2) is 8.42 Å². The number of nitrogens with two attached hydrogens (primary N) is 1. The van der Waals surface area contributed by atoms with Crippen LogP contribution in [0.3, 0.4) is 0 Å². The van der Waals surface area contributed by atoms with E-state index in [2.05, 4.69) is 19.2 Å². The van der Waals surface area contributed by atoms with Gasteiger partial charge in [-0.2, -0.15) is 0 Å². The van der Waals surface area contributed by atoms with E-state index in [9.17, 15) is 13.2 Å². The predicted octanol–water partition coefficient (Wildman–Crippen LogP) is 3.58. The van der Waals surface area contributed by atoms with Crippen LogP contribution in [0.4, 0.5) is 0 Å². The maximum atomic E-state index is 12.7. The fraction of sp³-hybridized carbons (Fsp3) is 0.381. The Morgan fingerprint density at radius 3 is 2.32 bits per heavy atom. The first-order chi connectivity index (χ1) is 12.6. The van der Waals surface area contributed by atoms with Crippen molar-refractivity contribution in [3.63, 3.8) is 0 Å². The van der Waals surface area contributed by atoms with Gasteiger partial charge in [-0.05, 0) is 49.1 Å².